The molecule has 1 fully saturated rings. The van der Waals surface area contributed by atoms with Crippen molar-refractivity contribution in [1.29, 1.82) is 0 Å². The molecule has 0 unspecified atom stereocenters. The molecule has 0 atom stereocenters. The van der Waals surface area contributed by atoms with Gasteiger partial charge in [0.2, 0.25) is 0 Å². The van der Waals surface area contributed by atoms with Gasteiger partial charge in [0.15, 0.2) is 0 Å². The number of rotatable bonds is 3. The number of piperidine rings is 1. The molecule has 4 heteroatoms. The molecule has 1 aromatic carbocycles. The molecule has 3 rings (SSSR count). The summed E-state index contributed by atoms with van der Waals surface area (Å²) in [6, 6.07) is 12.3. The summed E-state index contributed by atoms with van der Waals surface area (Å²) in [7, 11) is 0. The van der Waals surface area contributed by atoms with Gasteiger partial charge in [0.05, 0.1) is 0 Å². The standard InChI is InChI=1S/C19H22N2O2/c1-14-7-10-20-18(22)17(14)19(23)21-11-8-16(9-12-21)13-15-5-3-2-4-6-15/h2-7,10,16H,8-9,11-13H2,1H3,(H,20,22). The first-order valence-corrected chi connectivity index (χ1v) is 8.16. The van der Waals surface area contributed by atoms with Crippen LogP contribution in [0.2, 0.25) is 0 Å². The summed E-state index contributed by atoms with van der Waals surface area (Å²) in [4.78, 5) is 29.0. The van der Waals surface area contributed by atoms with Crippen LogP contribution in [0.1, 0.15) is 34.3 Å². The highest BCUT2D eigenvalue weighted by atomic mass is 16.2. The minimum Gasteiger partial charge on any atom is -0.338 e. The van der Waals surface area contributed by atoms with E-state index in [0.29, 0.717) is 5.92 Å². The minimum absolute atomic E-state index is 0.137. The van der Waals surface area contributed by atoms with Crippen LogP contribution in [0.4, 0.5) is 0 Å². The molecule has 1 aliphatic rings. The molecule has 2 heterocycles. The van der Waals surface area contributed by atoms with E-state index in [1.807, 2.05) is 17.9 Å². The van der Waals surface area contributed by atoms with Crippen LogP contribution in [0.25, 0.3) is 0 Å². The van der Waals surface area contributed by atoms with Gasteiger partial charge in [-0.05, 0) is 49.3 Å². The second-order valence-electron chi connectivity index (χ2n) is 6.29. The van der Waals surface area contributed by atoms with E-state index in [1.165, 1.54) is 5.56 Å². The van der Waals surface area contributed by atoms with Gasteiger partial charge in [-0.1, -0.05) is 30.3 Å². The lowest BCUT2D eigenvalue weighted by Crippen LogP contribution is -2.41. The number of amides is 1. The summed E-state index contributed by atoms with van der Waals surface area (Å²) in [5.41, 5.74) is 2.09. The monoisotopic (exact) mass is 310 g/mol. The number of nitrogens with zero attached hydrogens (tertiary/aromatic N) is 1. The molecule has 0 aliphatic carbocycles. The fraction of sp³-hybridized carbons (Fsp3) is 0.368. The lowest BCUT2D eigenvalue weighted by atomic mass is 9.90. The molecule has 0 saturated carbocycles. The van der Waals surface area contributed by atoms with Crippen molar-refractivity contribution in [2.75, 3.05) is 13.1 Å². The molecule has 2 aromatic rings. The average molecular weight is 310 g/mol. The number of benzene rings is 1. The van der Waals surface area contributed by atoms with Crippen molar-refractivity contribution in [2.45, 2.75) is 26.2 Å². The predicted molar refractivity (Wildman–Crippen MR) is 90.6 cm³/mol. The average Bonchev–Trinajstić information content (AvgIpc) is 2.56. The van der Waals surface area contributed by atoms with Crippen molar-refractivity contribution >= 4 is 5.91 Å². The summed E-state index contributed by atoms with van der Waals surface area (Å²) in [6.45, 7) is 3.26. The predicted octanol–water partition coefficient (Wildman–Crippen LogP) is 2.78. The third-order valence-electron chi connectivity index (χ3n) is 4.65. The number of aromatic amines is 1. The number of aromatic nitrogens is 1. The molecule has 1 N–H and O–H groups in total. The van der Waals surface area contributed by atoms with Crippen LogP contribution in [-0.2, 0) is 6.42 Å². The quantitative estimate of drug-likeness (QED) is 0.948. The number of H-pyrrole nitrogens is 1. The first kappa shape index (κ1) is 15.5. The van der Waals surface area contributed by atoms with Crippen LogP contribution in [0, 0.1) is 12.8 Å². The molecule has 1 amide bonds. The third kappa shape index (κ3) is 3.52. The number of hydrogen-bond acceptors (Lipinski definition) is 2. The molecular formula is C19H22N2O2. The first-order valence-electron chi connectivity index (χ1n) is 8.16. The first-order chi connectivity index (χ1) is 11.1. The van der Waals surface area contributed by atoms with Crippen molar-refractivity contribution in [2.24, 2.45) is 5.92 Å². The molecule has 0 spiro atoms. The highest BCUT2D eigenvalue weighted by molar-refractivity contribution is 5.95. The maximum Gasteiger partial charge on any atom is 0.261 e. The molecule has 1 aliphatic heterocycles. The summed E-state index contributed by atoms with van der Waals surface area (Å²) in [6.07, 6.45) is 4.63. The number of pyridine rings is 1. The Labute approximate surface area is 136 Å². The van der Waals surface area contributed by atoms with Crippen molar-refractivity contribution in [3.8, 4) is 0 Å². The van der Waals surface area contributed by atoms with Gasteiger partial charge in [-0.25, -0.2) is 0 Å². The highest BCUT2D eigenvalue weighted by Gasteiger charge is 2.26. The maximum atomic E-state index is 12.6. The van der Waals surface area contributed by atoms with Crippen molar-refractivity contribution in [3.05, 3.63) is 69.6 Å². The molecule has 23 heavy (non-hydrogen) atoms. The van der Waals surface area contributed by atoms with Crippen LogP contribution >= 0.6 is 0 Å². The Morgan fingerprint density at radius 1 is 1.17 bits per heavy atom. The second-order valence-corrected chi connectivity index (χ2v) is 6.29. The van der Waals surface area contributed by atoms with E-state index in [1.54, 1.807) is 12.3 Å². The second kappa shape index (κ2) is 6.82. The van der Waals surface area contributed by atoms with E-state index in [-0.39, 0.29) is 17.0 Å². The summed E-state index contributed by atoms with van der Waals surface area (Å²) in [5.74, 6) is 0.471. The van der Waals surface area contributed by atoms with Gasteiger partial charge in [0, 0.05) is 19.3 Å². The van der Waals surface area contributed by atoms with Gasteiger partial charge in [0.25, 0.3) is 11.5 Å². The Morgan fingerprint density at radius 3 is 2.52 bits per heavy atom. The Balaban J connectivity index is 1.63. The number of likely N-dealkylation sites (tertiary alicyclic amines) is 1. The van der Waals surface area contributed by atoms with Crippen molar-refractivity contribution < 1.29 is 4.79 Å². The lowest BCUT2D eigenvalue weighted by Gasteiger charge is -2.32. The largest absolute Gasteiger partial charge is 0.338 e. The van der Waals surface area contributed by atoms with Crippen molar-refractivity contribution in [1.82, 2.24) is 9.88 Å². The Morgan fingerprint density at radius 2 is 1.87 bits per heavy atom. The Hall–Kier alpha value is -2.36. The van der Waals surface area contributed by atoms with Gasteiger partial charge in [-0.2, -0.15) is 0 Å². The lowest BCUT2D eigenvalue weighted by molar-refractivity contribution is 0.0688. The molecule has 0 bridgehead atoms. The number of aryl methyl sites for hydroxylation is 1. The van der Waals surface area contributed by atoms with Crippen LogP contribution in [-0.4, -0.2) is 28.9 Å². The van der Waals surface area contributed by atoms with E-state index in [0.717, 1.165) is 37.9 Å². The molecule has 120 valence electrons. The number of carbonyl (C=O) groups is 1. The fourth-order valence-electron chi connectivity index (χ4n) is 3.29. The van der Waals surface area contributed by atoms with Crippen LogP contribution in [0.3, 0.4) is 0 Å². The van der Waals surface area contributed by atoms with Crippen LogP contribution < -0.4 is 5.56 Å². The number of hydrogen-bond donors (Lipinski definition) is 1. The zero-order valence-electron chi connectivity index (χ0n) is 13.4. The van der Waals surface area contributed by atoms with E-state index in [9.17, 15) is 9.59 Å². The molecule has 1 saturated heterocycles. The third-order valence-corrected chi connectivity index (χ3v) is 4.65. The van der Waals surface area contributed by atoms with Gasteiger partial charge in [-0.15, -0.1) is 0 Å². The number of nitrogens with one attached hydrogen (secondary N) is 1. The van der Waals surface area contributed by atoms with Gasteiger partial charge in [0.1, 0.15) is 5.56 Å². The SMILES string of the molecule is Cc1cc[nH]c(=O)c1C(=O)N1CCC(Cc2ccccc2)CC1. The fourth-order valence-corrected chi connectivity index (χ4v) is 3.29. The molecule has 4 nitrogen and oxygen atoms in total. The minimum atomic E-state index is -0.290. The smallest absolute Gasteiger partial charge is 0.261 e. The van der Waals surface area contributed by atoms with Gasteiger partial charge < -0.3 is 9.88 Å². The maximum absolute atomic E-state index is 12.6. The normalized spacial score (nSPS) is 15.6. The summed E-state index contributed by atoms with van der Waals surface area (Å²) in [5, 5.41) is 0. The Kier molecular flexibility index (Phi) is 4.60. The topological polar surface area (TPSA) is 53.2 Å². The summed E-state index contributed by atoms with van der Waals surface area (Å²) >= 11 is 0. The zero-order chi connectivity index (χ0) is 16.2. The van der Waals surface area contributed by atoms with Gasteiger partial charge >= 0.3 is 0 Å². The van der Waals surface area contributed by atoms with E-state index >= 15 is 0 Å². The van der Waals surface area contributed by atoms with Crippen LogP contribution in [0.5, 0.6) is 0 Å². The molecular weight excluding hydrogens is 288 g/mol. The zero-order valence-corrected chi connectivity index (χ0v) is 13.4. The number of carbonyl (C=O) groups excluding carboxylic acids is 1. The van der Waals surface area contributed by atoms with Crippen LogP contribution in [0.15, 0.2) is 47.4 Å². The summed E-state index contributed by atoms with van der Waals surface area (Å²) < 4.78 is 0. The Bertz CT molecular complexity index is 729. The van der Waals surface area contributed by atoms with E-state index < -0.39 is 0 Å². The molecule has 0 radical (unpaired) electrons. The molecule has 1 aromatic heterocycles. The van der Waals surface area contributed by atoms with Crippen molar-refractivity contribution in [3.63, 3.8) is 0 Å². The van der Waals surface area contributed by atoms with Gasteiger partial charge in [-0.3, -0.25) is 9.59 Å². The van der Waals surface area contributed by atoms with E-state index in [2.05, 4.69) is 29.2 Å². The van der Waals surface area contributed by atoms with E-state index in [4.69, 9.17) is 0 Å². The highest BCUT2D eigenvalue weighted by Crippen LogP contribution is 2.22.